The number of halogens is 1. The molecule has 0 aliphatic carbocycles. The smallest absolute Gasteiger partial charge is 0.221 e. The molecular weight excluding hydrogens is 264 g/mol. The number of rotatable bonds is 5. The minimum atomic E-state index is 0.0337. The van der Waals surface area contributed by atoms with E-state index in [9.17, 15) is 4.79 Å². The molecule has 1 amide bonds. The maximum Gasteiger partial charge on any atom is 0.221 e. The molecule has 0 saturated carbocycles. The standard InChI is InChI=1S/C13H17ClN4O/c1-9(2)16-13(19)4-6-18-11-3-5-15-8-10(11)17-12(18)7-14/h3,5,8-9H,4,6-7H2,1-2H3,(H,16,19). The molecule has 0 bridgehead atoms. The van der Waals surface area contributed by atoms with Gasteiger partial charge in [0.05, 0.1) is 17.6 Å². The van der Waals surface area contributed by atoms with E-state index in [1.807, 2.05) is 24.5 Å². The van der Waals surface area contributed by atoms with Crippen LogP contribution in [0.1, 0.15) is 26.1 Å². The van der Waals surface area contributed by atoms with Crippen LogP contribution in [-0.4, -0.2) is 26.5 Å². The van der Waals surface area contributed by atoms with Gasteiger partial charge in [0.2, 0.25) is 5.91 Å². The average molecular weight is 281 g/mol. The highest BCUT2D eigenvalue weighted by Gasteiger charge is 2.11. The summed E-state index contributed by atoms with van der Waals surface area (Å²) in [5.41, 5.74) is 1.77. The molecule has 2 heterocycles. The van der Waals surface area contributed by atoms with Crippen molar-refractivity contribution in [1.29, 1.82) is 0 Å². The molecule has 0 atom stereocenters. The Morgan fingerprint density at radius 3 is 3.00 bits per heavy atom. The van der Waals surface area contributed by atoms with Crippen molar-refractivity contribution in [2.24, 2.45) is 0 Å². The lowest BCUT2D eigenvalue weighted by atomic mass is 10.3. The van der Waals surface area contributed by atoms with Crippen LogP contribution in [0.4, 0.5) is 0 Å². The van der Waals surface area contributed by atoms with E-state index in [2.05, 4.69) is 15.3 Å². The van der Waals surface area contributed by atoms with E-state index in [1.54, 1.807) is 12.4 Å². The number of nitrogens with zero attached hydrogens (tertiary/aromatic N) is 3. The number of imidazole rings is 1. The fourth-order valence-corrected chi connectivity index (χ4v) is 2.19. The number of hydrogen-bond donors (Lipinski definition) is 1. The van der Waals surface area contributed by atoms with Crippen LogP contribution < -0.4 is 5.32 Å². The van der Waals surface area contributed by atoms with Gasteiger partial charge in [-0.25, -0.2) is 4.98 Å². The highest BCUT2D eigenvalue weighted by Crippen LogP contribution is 2.16. The fourth-order valence-electron chi connectivity index (χ4n) is 1.99. The second-order valence-electron chi connectivity index (χ2n) is 4.65. The lowest BCUT2D eigenvalue weighted by Gasteiger charge is -2.10. The van der Waals surface area contributed by atoms with Gasteiger partial charge >= 0.3 is 0 Å². The third kappa shape index (κ3) is 3.23. The Morgan fingerprint density at radius 2 is 2.32 bits per heavy atom. The first-order valence-electron chi connectivity index (χ1n) is 6.26. The summed E-state index contributed by atoms with van der Waals surface area (Å²) in [7, 11) is 0. The van der Waals surface area contributed by atoms with Gasteiger partial charge in [-0.05, 0) is 19.9 Å². The maximum atomic E-state index is 11.7. The number of carbonyl (C=O) groups excluding carboxylic acids is 1. The van der Waals surface area contributed by atoms with Gasteiger partial charge in [-0.3, -0.25) is 9.78 Å². The molecule has 5 nitrogen and oxygen atoms in total. The van der Waals surface area contributed by atoms with Crippen LogP contribution in [0.2, 0.25) is 0 Å². The summed E-state index contributed by atoms with van der Waals surface area (Å²) in [5, 5.41) is 2.87. The van der Waals surface area contributed by atoms with E-state index in [4.69, 9.17) is 11.6 Å². The van der Waals surface area contributed by atoms with Gasteiger partial charge in [-0.15, -0.1) is 11.6 Å². The molecular formula is C13H17ClN4O. The molecule has 0 radical (unpaired) electrons. The Balaban J connectivity index is 2.17. The number of nitrogens with one attached hydrogen (secondary N) is 1. The first-order chi connectivity index (χ1) is 9.11. The van der Waals surface area contributed by atoms with Crippen LogP contribution in [0, 0.1) is 0 Å². The SMILES string of the molecule is CC(C)NC(=O)CCn1c(CCl)nc2cnccc21. The largest absolute Gasteiger partial charge is 0.354 e. The van der Waals surface area contributed by atoms with E-state index in [0.717, 1.165) is 16.9 Å². The van der Waals surface area contributed by atoms with Crippen LogP contribution in [0.5, 0.6) is 0 Å². The predicted octanol–water partition coefficient (Wildman–Crippen LogP) is 2.08. The summed E-state index contributed by atoms with van der Waals surface area (Å²) in [6, 6.07) is 2.04. The van der Waals surface area contributed by atoms with Gasteiger partial charge < -0.3 is 9.88 Å². The van der Waals surface area contributed by atoms with Crippen molar-refractivity contribution >= 4 is 28.5 Å². The van der Waals surface area contributed by atoms with Crippen LogP contribution in [0.15, 0.2) is 18.5 Å². The molecule has 19 heavy (non-hydrogen) atoms. The Kier molecular flexibility index (Phi) is 4.37. The van der Waals surface area contributed by atoms with Crippen molar-refractivity contribution in [2.75, 3.05) is 0 Å². The molecule has 102 valence electrons. The third-order valence-corrected chi connectivity index (χ3v) is 3.00. The summed E-state index contributed by atoms with van der Waals surface area (Å²) in [4.78, 5) is 20.1. The van der Waals surface area contributed by atoms with Crippen LogP contribution >= 0.6 is 11.6 Å². The van der Waals surface area contributed by atoms with Gasteiger partial charge in [0.15, 0.2) is 0 Å². The van der Waals surface area contributed by atoms with Crippen molar-refractivity contribution in [3.8, 4) is 0 Å². The zero-order chi connectivity index (χ0) is 13.8. The minimum absolute atomic E-state index is 0.0337. The molecule has 0 spiro atoms. The average Bonchev–Trinajstić information content (AvgIpc) is 2.73. The summed E-state index contributed by atoms with van der Waals surface area (Å²) in [6.07, 6.45) is 3.83. The van der Waals surface area contributed by atoms with Crippen LogP contribution in [0.25, 0.3) is 11.0 Å². The molecule has 0 saturated heterocycles. The summed E-state index contributed by atoms with van der Waals surface area (Å²) in [5.74, 6) is 1.12. The molecule has 0 fully saturated rings. The first kappa shape index (κ1) is 13.8. The number of amides is 1. The van der Waals surface area contributed by atoms with Crippen molar-refractivity contribution in [3.63, 3.8) is 0 Å². The number of hydrogen-bond acceptors (Lipinski definition) is 3. The predicted molar refractivity (Wildman–Crippen MR) is 75.0 cm³/mol. The van der Waals surface area contributed by atoms with Gasteiger partial charge in [-0.1, -0.05) is 0 Å². The Hall–Kier alpha value is -1.62. The molecule has 1 N–H and O–H groups in total. The molecule has 2 aromatic rings. The normalized spacial score (nSPS) is 11.2. The lowest BCUT2D eigenvalue weighted by Crippen LogP contribution is -2.30. The maximum absolute atomic E-state index is 11.7. The summed E-state index contributed by atoms with van der Waals surface area (Å²) in [6.45, 7) is 4.46. The number of carbonyl (C=O) groups is 1. The molecule has 0 unspecified atom stereocenters. The molecule has 2 aromatic heterocycles. The summed E-state index contributed by atoms with van der Waals surface area (Å²) < 4.78 is 1.98. The number of aromatic nitrogens is 3. The van der Waals surface area contributed by atoms with Crippen molar-refractivity contribution < 1.29 is 4.79 Å². The van der Waals surface area contributed by atoms with Crippen LogP contribution in [-0.2, 0) is 17.2 Å². The van der Waals surface area contributed by atoms with Gasteiger partial charge in [0.1, 0.15) is 11.3 Å². The van der Waals surface area contributed by atoms with E-state index in [1.165, 1.54) is 0 Å². The van der Waals surface area contributed by atoms with Gasteiger partial charge in [-0.2, -0.15) is 0 Å². The summed E-state index contributed by atoms with van der Waals surface area (Å²) >= 11 is 5.90. The first-order valence-corrected chi connectivity index (χ1v) is 6.79. The Bertz CT molecular complexity index is 579. The van der Waals surface area contributed by atoms with E-state index < -0.39 is 0 Å². The Labute approximate surface area is 117 Å². The van der Waals surface area contributed by atoms with E-state index in [0.29, 0.717) is 18.8 Å². The lowest BCUT2D eigenvalue weighted by molar-refractivity contribution is -0.121. The van der Waals surface area contributed by atoms with Crippen molar-refractivity contribution in [2.45, 2.75) is 38.7 Å². The molecule has 0 aliphatic rings. The second kappa shape index (κ2) is 6.02. The fraction of sp³-hybridized carbons (Fsp3) is 0.462. The quantitative estimate of drug-likeness (QED) is 0.853. The number of alkyl halides is 1. The van der Waals surface area contributed by atoms with Crippen molar-refractivity contribution in [1.82, 2.24) is 19.9 Å². The van der Waals surface area contributed by atoms with E-state index in [-0.39, 0.29) is 11.9 Å². The zero-order valence-electron chi connectivity index (χ0n) is 11.1. The van der Waals surface area contributed by atoms with E-state index >= 15 is 0 Å². The highest BCUT2D eigenvalue weighted by molar-refractivity contribution is 6.16. The molecule has 6 heteroatoms. The molecule has 2 rings (SSSR count). The highest BCUT2D eigenvalue weighted by atomic mass is 35.5. The zero-order valence-corrected chi connectivity index (χ0v) is 11.8. The molecule has 0 aliphatic heterocycles. The topological polar surface area (TPSA) is 59.8 Å². The second-order valence-corrected chi connectivity index (χ2v) is 4.92. The number of fused-ring (bicyclic) bond motifs is 1. The monoisotopic (exact) mass is 280 g/mol. The van der Waals surface area contributed by atoms with Gasteiger partial charge in [0.25, 0.3) is 0 Å². The van der Waals surface area contributed by atoms with Crippen molar-refractivity contribution in [3.05, 3.63) is 24.3 Å². The van der Waals surface area contributed by atoms with Crippen LogP contribution in [0.3, 0.4) is 0 Å². The van der Waals surface area contributed by atoms with Gasteiger partial charge in [0, 0.05) is 25.2 Å². The molecule has 0 aromatic carbocycles. The number of aryl methyl sites for hydroxylation is 1. The third-order valence-electron chi connectivity index (χ3n) is 2.76. The number of pyridine rings is 1. The Morgan fingerprint density at radius 1 is 1.53 bits per heavy atom. The minimum Gasteiger partial charge on any atom is -0.354 e.